The van der Waals surface area contributed by atoms with E-state index in [4.69, 9.17) is 9.40 Å². The van der Waals surface area contributed by atoms with Gasteiger partial charge in [0.05, 0.1) is 16.5 Å². The fourth-order valence-electron chi connectivity index (χ4n) is 5.04. The van der Waals surface area contributed by atoms with E-state index in [0.29, 0.717) is 22.6 Å². The van der Waals surface area contributed by atoms with Crippen LogP contribution in [0.1, 0.15) is 75.6 Å². The van der Waals surface area contributed by atoms with Crippen molar-refractivity contribution in [3.63, 3.8) is 0 Å². The normalized spacial score (nSPS) is 15.7. The van der Waals surface area contributed by atoms with Crippen LogP contribution >= 0.6 is 0 Å². The average Bonchev–Trinajstić information content (AvgIpc) is 3.15. The van der Waals surface area contributed by atoms with Crippen molar-refractivity contribution in [1.29, 1.82) is 0 Å². The molecular formula is C28H31FN2O. The molecule has 3 nitrogen and oxygen atoms in total. The molecule has 0 unspecified atom stereocenters. The number of pyridine rings is 2. The Bertz CT molecular complexity index is 1290. The van der Waals surface area contributed by atoms with Crippen LogP contribution in [0.2, 0.25) is 0 Å². The molecule has 0 N–H and O–H groups in total. The molecule has 1 aliphatic rings. The van der Waals surface area contributed by atoms with Crippen molar-refractivity contribution in [3.05, 3.63) is 59.2 Å². The van der Waals surface area contributed by atoms with Gasteiger partial charge in [-0.15, -0.1) is 0 Å². The molecule has 3 heterocycles. The van der Waals surface area contributed by atoms with Crippen LogP contribution in [0.4, 0.5) is 4.39 Å². The Morgan fingerprint density at radius 3 is 2.59 bits per heavy atom. The maximum atomic E-state index is 15.0. The zero-order valence-corrected chi connectivity index (χ0v) is 19.5. The van der Waals surface area contributed by atoms with E-state index in [1.54, 1.807) is 6.07 Å². The number of hydrogen-bond donors (Lipinski definition) is 0. The van der Waals surface area contributed by atoms with Gasteiger partial charge in [-0.1, -0.05) is 40.0 Å². The quantitative estimate of drug-likeness (QED) is 0.329. The van der Waals surface area contributed by atoms with Crippen LogP contribution in [0.5, 0.6) is 0 Å². The third-order valence-corrected chi connectivity index (χ3v) is 6.69. The number of aromatic nitrogens is 2. The van der Waals surface area contributed by atoms with E-state index < -0.39 is 0 Å². The Labute approximate surface area is 189 Å². The van der Waals surface area contributed by atoms with Gasteiger partial charge in [0.1, 0.15) is 11.4 Å². The van der Waals surface area contributed by atoms with E-state index in [0.717, 1.165) is 28.8 Å². The van der Waals surface area contributed by atoms with Crippen molar-refractivity contribution < 1.29 is 8.81 Å². The number of aryl methyl sites for hydroxylation is 1. The molecule has 5 rings (SSSR count). The zero-order valence-electron chi connectivity index (χ0n) is 19.5. The fraction of sp³-hybridized carbons (Fsp3) is 0.429. The molecular weight excluding hydrogens is 399 g/mol. The predicted molar refractivity (Wildman–Crippen MR) is 128 cm³/mol. The topological polar surface area (TPSA) is 38.9 Å². The molecule has 1 saturated carbocycles. The molecule has 0 radical (unpaired) electrons. The maximum absolute atomic E-state index is 15.0. The molecule has 0 aliphatic heterocycles. The van der Waals surface area contributed by atoms with Crippen molar-refractivity contribution in [2.24, 2.45) is 5.41 Å². The molecule has 1 aliphatic carbocycles. The minimum absolute atomic E-state index is 0.167. The summed E-state index contributed by atoms with van der Waals surface area (Å²) in [5.74, 6) is 0.196. The average molecular weight is 431 g/mol. The number of fused-ring (bicyclic) bond motifs is 3. The number of rotatable bonds is 3. The third-order valence-electron chi connectivity index (χ3n) is 6.69. The van der Waals surface area contributed by atoms with E-state index in [1.807, 2.05) is 12.3 Å². The Balaban J connectivity index is 1.64. The zero-order chi connectivity index (χ0) is 22.5. The summed E-state index contributed by atoms with van der Waals surface area (Å²) in [5.41, 5.74) is 6.35. The first-order chi connectivity index (χ1) is 15.3. The van der Waals surface area contributed by atoms with Gasteiger partial charge >= 0.3 is 0 Å². The second kappa shape index (κ2) is 7.99. The van der Waals surface area contributed by atoms with Crippen molar-refractivity contribution in [1.82, 2.24) is 9.97 Å². The Kier molecular flexibility index (Phi) is 5.27. The highest BCUT2D eigenvalue weighted by Gasteiger charge is 2.22. The minimum atomic E-state index is -0.281. The SMILES string of the molecule is Cc1cnc(-c2ccc(F)c3c2oc2nc(C4CCCCC4)ccc23)cc1CC(C)(C)C. The Morgan fingerprint density at radius 2 is 1.84 bits per heavy atom. The highest BCUT2D eigenvalue weighted by Crippen LogP contribution is 2.39. The first-order valence-electron chi connectivity index (χ1n) is 11.8. The maximum Gasteiger partial charge on any atom is 0.227 e. The van der Waals surface area contributed by atoms with Crippen LogP contribution in [0, 0.1) is 18.2 Å². The van der Waals surface area contributed by atoms with Gasteiger partial charge in [0, 0.05) is 23.4 Å². The number of furan rings is 1. The lowest BCUT2D eigenvalue weighted by Gasteiger charge is -2.20. The molecule has 0 amide bonds. The van der Waals surface area contributed by atoms with E-state index in [1.165, 1.54) is 49.3 Å². The lowest BCUT2D eigenvalue weighted by atomic mass is 9.86. The molecule has 32 heavy (non-hydrogen) atoms. The summed E-state index contributed by atoms with van der Waals surface area (Å²) in [6.45, 7) is 8.79. The summed E-state index contributed by atoms with van der Waals surface area (Å²) in [6.07, 6.45) is 9.00. The summed E-state index contributed by atoms with van der Waals surface area (Å²) in [5, 5.41) is 1.24. The van der Waals surface area contributed by atoms with Gasteiger partial charge in [-0.2, -0.15) is 0 Å². The van der Waals surface area contributed by atoms with Crippen LogP contribution in [0.25, 0.3) is 33.3 Å². The first kappa shape index (κ1) is 21.1. The second-order valence-electron chi connectivity index (χ2n) is 10.6. The Morgan fingerprint density at radius 1 is 1.06 bits per heavy atom. The lowest BCUT2D eigenvalue weighted by Crippen LogP contribution is -2.10. The molecule has 0 spiro atoms. The summed E-state index contributed by atoms with van der Waals surface area (Å²) >= 11 is 0. The molecule has 0 bridgehead atoms. The summed E-state index contributed by atoms with van der Waals surface area (Å²) < 4.78 is 21.2. The minimum Gasteiger partial charge on any atom is -0.437 e. The van der Waals surface area contributed by atoms with Crippen LogP contribution in [-0.4, -0.2) is 9.97 Å². The van der Waals surface area contributed by atoms with Gasteiger partial charge in [0.15, 0.2) is 0 Å². The number of halogens is 1. The first-order valence-corrected chi connectivity index (χ1v) is 11.8. The summed E-state index contributed by atoms with van der Waals surface area (Å²) in [4.78, 5) is 9.52. The smallest absolute Gasteiger partial charge is 0.227 e. The standard InChI is InChI=1S/C28H31FN2O/c1-17-16-30-24(14-19(17)15-28(2,3)4)20-10-12-22(29)25-21-11-13-23(18-8-6-5-7-9-18)31-27(21)32-26(20)25/h10-14,16,18H,5-9,15H2,1-4H3. The number of nitrogens with zero attached hydrogens (tertiary/aromatic N) is 2. The van der Waals surface area contributed by atoms with Gasteiger partial charge in [0.2, 0.25) is 5.71 Å². The fourth-order valence-corrected chi connectivity index (χ4v) is 5.04. The van der Waals surface area contributed by atoms with Crippen molar-refractivity contribution in [2.75, 3.05) is 0 Å². The number of benzene rings is 1. The van der Waals surface area contributed by atoms with Gasteiger partial charge in [-0.25, -0.2) is 9.37 Å². The van der Waals surface area contributed by atoms with Gasteiger partial charge < -0.3 is 4.42 Å². The van der Waals surface area contributed by atoms with Gasteiger partial charge in [0.25, 0.3) is 0 Å². The summed E-state index contributed by atoms with van der Waals surface area (Å²) in [6, 6.07) is 9.47. The van der Waals surface area contributed by atoms with Crippen molar-refractivity contribution in [3.8, 4) is 11.3 Å². The van der Waals surface area contributed by atoms with Gasteiger partial charge in [-0.3, -0.25) is 4.98 Å². The highest BCUT2D eigenvalue weighted by molar-refractivity contribution is 6.08. The molecule has 4 heteroatoms. The monoisotopic (exact) mass is 430 g/mol. The van der Waals surface area contributed by atoms with Gasteiger partial charge in [-0.05, 0) is 73.1 Å². The van der Waals surface area contributed by atoms with E-state index in [9.17, 15) is 4.39 Å². The van der Waals surface area contributed by atoms with E-state index in [2.05, 4.69) is 44.8 Å². The highest BCUT2D eigenvalue weighted by atomic mass is 19.1. The predicted octanol–water partition coefficient (Wildman–Crippen LogP) is 8.13. The molecule has 1 fully saturated rings. The molecule has 0 saturated heterocycles. The largest absolute Gasteiger partial charge is 0.437 e. The second-order valence-corrected chi connectivity index (χ2v) is 10.6. The van der Waals surface area contributed by atoms with Crippen molar-refractivity contribution >= 4 is 22.1 Å². The molecule has 4 aromatic rings. The third kappa shape index (κ3) is 3.92. The Hall–Kier alpha value is -2.75. The number of hydrogen-bond acceptors (Lipinski definition) is 3. The van der Waals surface area contributed by atoms with Crippen LogP contribution in [-0.2, 0) is 6.42 Å². The molecule has 3 aromatic heterocycles. The van der Waals surface area contributed by atoms with Crippen LogP contribution < -0.4 is 0 Å². The van der Waals surface area contributed by atoms with Crippen LogP contribution in [0.3, 0.4) is 0 Å². The lowest BCUT2D eigenvalue weighted by molar-refractivity contribution is 0.410. The van der Waals surface area contributed by atoms with E-state index >= 15 is 0 Å². The molecule has 1 aromatic carbocycles. The molecule has 0 atom stereocenters. The van der Waals surface area contributed by atoms with Crippen LogP contribution in [0.15, 0.2) is 40.9 Å². The van der Waals surface area contributed by atoms with E-state index in [-0.39, 0.29) is 11.2 Å². The summed E-state index contributed by atoms with van der Waals surface area (Å²) in [7, 11) is 0. The van der Waals surface area contributed by atoms with Crippen molar-refractivity contribution in [2.45, 2.75) is 72.1 Å². The molecule has 166 valence electrons.